The fraction of sp³-hybridized carbons (Fsp3) is 0.105. The van der Waals surface area contributed by atoms with E-state index in [2.05, 4.69) is 27.9 Å². The number of aryl methyl sites for hydroxylation is 2. The molecule has 1 amide bonds. The van der Waals surface area contributed by atoms with Gasteiger partial charge in [-0.05, 0) is 64.6 Å². The van der Waals surface area contributed by atoms with Crippen LogP contribution in [-0.2, 0) is 18.9 Å². The lowest BCUT2D eigenvalue weighted by Gasteiger charge is -2.05. The first-order valence-electron chi connectivity index (χ1n) is 7.75. The minimum absolute atomic E-state index is 0.0101. The fourth-order valence-corrected chi connectivity index (χ4v) is 3.24. The first-order valence-corrected chi connectivity index (χ1v) is 8.83. The van der Waals surface area contributed by atoms with Crippen molar-refractivity contribution in [3.8, 4) is 6.07 Å². The molecule has 0 atom stereocenters. The number of fused-ring (bicyclic) bond motifs is 1. The van der Waals surface area contributed by atoms with E-state index < -0.39 is 5.91 Å². The standard InChI is InChI=1S/C19H15IN4O2/c1-23-16-7-6-12(9-17(16)24(2)19(23)26)8-13(11-21)18(25)22-15-5-3-4-14(20)10-15/h3-10H,1-2H3,(H,22,25)/b13-8+. The molecule has 0 fully saturated rings. The topological polar surface area (TPSA) is 79.8 Å². The predicted octanol–water partition coefficient (Wildman–Crippen LogP) is 3.03. The molecule has 0 aliphatic carbocycles. The summed E-state index contributed by atoms with van der Waals surface area (Å²) in [6.45, 7) is 0. The monoisotopic (exact) mass is 458 g/mol. The van der Waals surface area contributed by atoms with Gasteiger partial charge < -0.3 is 5.32 Å². The van der Waals surface area contributed by atoms with Gasteiger partial charge in [-0.3, -0.25) is 13.9 Å². The van der Waals surface area contributed by atoms with Crippen LogP contribution in [0.4, 0.5) is 5.69 Å². The summed E-state index contributed by atoms with van der Waals surface area (Å²) in [5.41, 5.74) is 2.69. The number of anilines is 1. The van der Waals surface area contributed by atoms with Gasteiger partial charge in [0.25, 0.3) is 5.91 Å². The zero-order chi connectivity index (χ0) is 18.8. The molecule has 0 unspecified atom stereocenters. The van der Waals surface area contributed by atoms with Crippen LogP contribution in [0.3, 0.4) is 0 Å². The van der Waals surface area contributed by atoms with Gasteiger partial charge >= 0.3 is 5.69 Å². The fourth-order valence-electron chi connectivity index (χ4n) is 2.69. The molecule has 0 bridgehead atoms. The Kier molecular flexibility index (Phi) is 4.95. The van der Waals surface area contributed by atoms with Crippen LogP contribution in [0, 0.1) is 14.9 Å². The number of halogens is 1. The van der Waals surface area contributed by atoms with E-state index >= 15 is 0 Å². The molecule has 0 aliphatic heterocycles. The van der Waals surface area contributed by atoms with Crippen molar-refractivity contribution < 1.29 is 4.79 Å². The normalized spacial score (nSPS) is 11.4. The molecule has 1 aromatic heterocycles. The van der Waals surface area contributed by atoms with Gasteiger partial charge in [-0.15, -0.1) is 0 Å². The van der Waals surface area contributed by atoms with Gasteiger partial charge in [-0.25, -0.2) is 4.79 Å². The number of rotatable bonds is 3. The molecule has 0 saturated heterocycles. The van der Waals surface area contributed by atoms with E-state index in [0.29, 0.717) is 11.3 Å². The van der Waals surface area contributed by atoms with Gasteiger partial charge in [0.05, 0.1) is 11.0 Å². The molecule has 3 rings (SSSR count). The Hall–Kier alpha value is -2.86. The van der Waals surface area contributed by atoms with Gasteiger partial charge in [0.2, 0.25) is 0 Å². The van der Waals surface area contributed by atoms with Crippen LogP contribution in [0.1, 0.15) is 5.56 Å². The van der Waals surface area contributed by atoms with Crippen molar-refractivity contribution in [1.82, 2.24) is 9.13 Å². The summed E-state index contributed by atoms with van der Waals surface area (Å²) in [6.07, 6.45) is 1.51. The van der Waals surface area contributed by atoms with E-state index in [9.17, 15) is 14.9 Å². The van der Waals surface area contributed by atoms with Crippen LogP contribution in [0.2, 0.25) is 0 Å². The number of carbonyl (C=O) groups excluding carboxylic acids is 1. The molecular formula is C19H15IN4O2. The average Bonchev–Trinajstić information content (AvgIpc) is 2.83. The maximum absolute atomic E-state index is 12.4. The van der Waals surface area contributed by atoms with Crippen molar-refractivity contribution in [3.63, 3.8) is 0 Å². The highest BCUT2D eigenvalue weighted by molar-refractivity contribution is 14.1. The quantitative estimate of drug-likeness (QED) is 0.372. The number of nitrogens with one attached hydrogen (secondary N) is 1. The summed E-state index contributed by atoms with van der Waals surface area (Å²) in [5, 5.41) is 12.1. The lowest BCUT2D eigenvalue weighted by Crippen LogP contribution is -2.19. The van der Waals surface area contributed by atoms with Crippen LogP contribution in [0.15, 0.2) is 52.8 Å². The number of hydrogen-bond acceptors (Lipinski definition) is 3. The number of benzene rings is 2. The van der Waals surface area contributed by atoms with Gasteiger partial charge in [0.15, 0.2) is 0 Å². The lowest BCUT2D eigenvalue weighted by atomic mass is 10.1. The molecule has 0 aliphatic rings. The van der Waals surface area contributed by atoms with Crippen LogP contribution in [0.25, 0.3) is 17.1 Å². The molecule has 0 saturated carbocycles. The highest BCUT2D eigenvalue weighted by Gasteiger charge is 2.11. The summed E-state index contributed by atoms with van der Waals surface area (Å²) in [5.74, 6) is -0.475. The number of imidazole rings is 1. The second-order valence-corrected chi connectivity index (χ2v) is 7.03. The maximum atomic E-state index is 12.4. The predicted molar refractivity (Wildman–Crippen MR) is 110 cm³/mol. The molecule has 6 nitrogen and oxygen atoms in total. The first kappa shape index (κ1) is 17.9. The average molecular weight is 458 g/mol. The van der Waals surface area contributed by atoms with Crippen molar-refractivity contribution in [1.29, 1.82) is 5.26 Å². The number of carbonyl (C=O) groups is 1. The number of nitrogens with zero attached hydrogens (tertiary/aromatic N) is 3. The highest BCUT2D eigenvalue weighted by atomic mass is 127. The van der Waals surface area contributed by atoms with Crippen LogP contribution in [-0.4, -0.2) is 15.0 Å². The highest BCUT2D eigenvalue weighted by Crippen LogP contribution is 2.18. The molecule has 0 radical (unpaired) electrons. The molecule has 0 spiro atoms. The largest absolute Gasteiger partial charge is 0.328 e. The van der Waals surface area contributed by atoms with Gasteiger partial charge in [-0.1, -0.05) is 12.1 Å². The number of nitriles is 1. The molecule has 3 aromatic rings. The Labute approximate surface area is 163 Å². The van der Waals surface area contributed by atoms with E-state index in [-0.39, 0.29) is 11.3 Å². The third kappa shape index (κ3) is 3.41. The number of amides is 1. The Morgan fingerprint density at radius 3 is 2.58 bits per heavy atom. The van der Waals surface area contributed by atoms with E-state index in [1.54, 1.807) is 42.9 Å². The van der Waals surface area contributed by atoms with Crippen LogP contribution in [0.5, 0.6) is 0 Å². The van der Waals surface area contributed by atoms with Crippen molar-refractivity contribution in [3.05, 3.63) is 67.7 Å². The second kappa shape index (κ2) is 7.17. The maximum Gasteiger partial charge on any atom is 0.328 e. The SMILES string of the molecule is Cn1c(=O)n(C)c2cc(/C=C(\C#N)C(=O)Nc3cccc(I)c3)ccc21. The van der Waals surface area contributed by atoms with Crippen molar-refractivity contribution in [2.45, 2.75) is 0 Å². The third-order valence-electron chi connectivity index (χ3n) is 4.05. The minimum atomic E-state index is -0.475. The van der Waals surface area contributed by atoms with Crippen LogP contribution < -0.4 is 11.0 Å². The second-order valence-electron chi connectivity index (χ2n) is 5.78. The zero-order valence-corrected chi connectivity index (χ0v) is 16.3. The van der Waals surface area contributed by atoms with Crippen LogP contribution >= 0.6 is 22.6 Å². The summed E-state index contributed by atoms with van der Waals surface area (Å²) < 4.78 is 4.07. The van der Waals surface area contributed by atoms with E-state index in [0.717, 1.165) is 14.6 Å². The smallest absolute Gasteiger partial charge is 0.321 e. The summed E-state index contributed by atoms with van der Waals surface area (Å²) in [6, 6.07) is 14.6. The summed E-state index contributed by atoms with van der Waals surface area (Å²) >= 11 is 2.15. The van der Waals surface area contributed by atoms with E-state index in [1.807, 2.05) is 24.3 Å². The molecule has 1 heterocycles. The first-order chi connectivity index (χ1) is 12.4. The van der Waals surface area contributed by atoms with Crippen molar-refractivity contribution >= 4 is 51.3 Å². The molecule has 130 valence electrons. The minimum Gasteiger partial charge on any atom is -0.321 e. The zero-order valence-electron chi connectivity index (χ0n) is 14.2. The van der Waals surface area contributed by atoms with E-state index in [1.165, 1.54) is 10.6 Å². The lowest BCUT2D eigenvalue weighted by molar-refractivity contribution is -0.112. The van der Waals surface area contributed by atoms with Crippen molar-refractivity contribution in [2.24, 2.45) is 14.1 Å². The van der Waals surface area contributed by atoms with E-state index in [4.69, 9.17) is 0 Å². The molecule has 7 heteroatoms. The van der Waals surface area contributed by atoms with Gasteiger partial charge in [-0.2, -0.15) is 5.26 Å². The Bertz CT molecular complexity index is 1150. The van der Waals surface area contributed by atoms with Crippen molar-refractivity contribution in [2.75, 3.05) is 5.32 Å². The Balaban J connectivity index is 1.95. The Morgan fingerprint density at radius 1 is 1.15 bits per heavy atom. The number of hydrogen-bond donors (Lipinski definition) is 1. The van der Waals surface area contributed by atoms with Gasteiger partial charge in [0, 0.05) is 23.4 Å². The number of aromatic nitrogens is 2. The third-order valence-corrected chi connectivity index (χ3v) is 4.73. The summed E-state index contributed by atoms with van der Waals surface area (Å²) in [4.78, 5) is 24.4. The molecule has 2 aromatic carbocycles. The molecular weight excluding hydrogens is 443 g/mol. The van der Waals surface area contributed by atoms with Gasteiger partial charge in [0.1, 0.15) is 11.6 Å². The molecule has 1 N–H and O–H groups in total. The molecule has 26 heavy (non-hydrogen) atoms. The summed E-state index contributed by atoms with van der Waals surface area (Å²) in [7, 11) is 3.39. The Morgan fingerprint density at radius 2 is 1.88 bits per heavy atom.